The van der Waals surface area contributed by atoms with Crippen molar-refractivity contribution in [3.05, 3.63) is 34.7 Å². The first kappa shape index (κ1) is 12.2. The first-order valence-corrected chi connectivity index (χ1v) is 7.13. The van der Waals surface area contributed by atoms with E-state index in [1.807, 2.05) is 43.0 Å². The Hall–Kier alpha value is -1.88. The minimum Gasteiger partial charge on any atom is -0.388 e. The van der Waals surface area contributed by atoms with Crippen molar-refractivity contribution in [2.75, 3.05) is 18.0 Å². The highest BCUT2D eigenvalue weighted by Crippen LogP contribution is 2.31. The summed E-state index contributed by atoms with van der Waals surface area (Å²) in [6.45, 7) is 5.56. The van der Waals surface area contributed by atoms with E-state index in [4.69, 9.17) is 4.42 Å². The average molecular weight is 274 g/mol. The Morgan fingerprint density at radius 2 is 2.00 bits per heavy atom. The molecule has 19 heavy (non-hydrogen) atoms. The molecule has 2 heterocycles. The molecule has 5 heteroatoms. The molecule has 0 aliphatic rings. The topological polar surface area (TPSA) is 46.3 Å². The zero-order valence-corrected chi connectivity index (χ0v) is 11.7. The van der Waals surface area contributed by atoms with E-state index in [9.17, 15) is 4.79 Å². The zero-order chi connectivity index (χ0) is 13.4. The Labute approximate surface area is 114 Å². The van der Waals surface area contributed by atoms with Crippen molar-refractivity contribution < 1.29 is 4.42 Å². The van der Waals surface area contributed by atoms with E-state index in [0.29, 0.717) is 11.4 Å². The van der Waals surface area contributed by atoms with E-state index in [1.54, 1.807) is 0 Å². The summed E-state index contributed by atoms with van der Waals surface area (Å²) in [5.41, 5.74) is -0.302. The van der Waals surface area contributed by atoms with Gasteiger partial charge in [0, 0.05) is 23.2 Å². The normalized spacial score (nSPS) is 11.3. The van der Waals surface area contributed by atoms with Crippen LogP contribution in [0.1, 0.15) is 13.8 Å². The van der Waals surface area contributed by atoms with E-state index in [2.05, 4.69) is 4.98 Å². The van der Waals surface area contributed by atoms with Crippen molar-refractivity contribution in [2.45, 2.75) is 13.8 Å². The Bertz CT molecular complexity index is 787. The van der Waals surface area contributed by atoms with Crippen molar-refractivity contribution in [3.8, 4) is 0 Å². The van der Waals surface area contributed by atoms with Gasteiger partial charge in [-0.2, -0.15) is 4.98 Å². The molecule has 0 fully saturated rings. The summed E-state index contributed by atoms with van der Waals surface area (Å²) >= 11 is 1.53. The highest BCUT2D eigenvalue weighted by molar-refractivity contribution is 7.25. The molecular weight excluding hydrogens is 260 g/mol. The van der Waals surface area contributed by atoms with Crippen LogP contribution in [0.25, 0.3) is 20.3 Å². The van der Waals surface area contributed by atoms with Crippen molar-refractivity contribution in [1.82, 2.24) is 4.98 Å². The molecule has 98 valence electrons. The molecule has 0 aliphatic heterocycles. The fourth-order valence-electron chi connectivity index (χ4n) is 2.18. The summed E-state index contributed by atoms with van der Waals surface area (Å²) in [4.78, 5) is 19.4. The van der Waals surface area contributed by atoms with Crippen LogP contribution in [0.3, 0.4) is 0 Å². The molecule has 0 amide bonds. The molecule has 3 aromatic rings. The molecule has 0 saturated heterocycles. The summed E-state index contributed by atoms with van der Waals surface area (Å²) < 4.78 is 6.43. The maximum Gasteiger partial charge on any atom is 0.349 e. The summed E-state index contributed by atoms with van der Waals surface area (Å²) in [6, 6.07) is 8.23. The Morgan fingerprint density at radius 1 is 1.26 bits per heavy atom. The van der Waals surface area contributed by atoms with Gasteiger partial charge in [-0.05, 0) is 19.9 Å². The summed E-state index contributed by atoms with van der Waals surface area (Å²) in [6.07, 6.45) is 0. The fourth-order valence-corrected chi connectivity index (χ4v) is 3.24. The van der Waals surface area contributed by atoms with Crippen LogP contribution in [0.15, 0.2) is 33.5 Å². The Morgan fingerprint density at radius 3 is 2.74 bits per heavy atom. The predicted molar refractivity (Wildman–Crippen MR) is 79.2 cm³/mol. The summed E-state index contributed by atoms with van der Waals surface area (Å²) in [5, 5.41) is 1.52. The van der Waals surface area contributed by atoms with E-state index < -0.39 is 0 Å². The molecule has 0 unspecified atom stereocenters. The summed E-state index contributed by atoms with van der Waals surface area (Å²) in [7, 11) is 0. The smallest absolute Gasteiger partial charge is 0.349 e. The van der Waals surface area contributed by atoms with Gasteiger partial charge in [0.15, 0.2) is 0 Å². The van der Waals surface area contributed by atoms with Crippen LogP contribution < -0.4 is 10.5 Å². The van der Waals surface area contributed by atoms with Gasteiger partial charge >= 0.3 is 11.6 Å². The lowest BCUT2D eigenvalue weighted by atomic mass is 10.2. The first-order valence-electron chi connectivity index (χ1n) is 6.32. The van der Waals surface area contributed by atoms with Gasteiger partial charge < -0.3 is 9.32 Å². The van der Waals surface area contributed by atoms with Gasteiger partial charge in [-0.25, -0.2) is 4.79 Å². The molecule has 2 aromatic heterocycles. The third kappa shape index (κ3) is 1.90. The number of benzene rings is 1. The van der Waals surface area contributed by atoms with Crippen molar-refractivity contribution in [2.24, 2.45) is 0 Å². The number of rotatable bonds is 3. The number of anilines is 1. The highest BCUT2D eigenvalue weighted by Gasteiger charge is 2.15. The monoisotopic (exact) mass is 274 g/mol. The average Bonchev–Trinajstić information content (AvgIpc) is 2.78. The lowest BCUT2D eigenvalue weighted by Crippen LogP contribution is -2.24. The van der Waals surface area contributed by atoms with Crippen LogP contribution in [0, 0.1) is 0 Å². The van der Waals surface area contributed by atoms with Crippen LogP contribution in [0.4, 0.5) is 6.01 Å². The van der Waals surface area contributed by atoms with E-state index in [-0.39, 0.29) is 5.63 Å². The second-order valence-electron chi connectivity index (χ2n) is 4.23. The number of hydrogen-bond donors (Lipinski definition) is 0. The number of aromatic nitrogens is 1. The van der Waals surface area contributed by atoms with Gasteiger partial charge in [0.1, 0.15) is 10.2 Å². The van der Waals surface area contributed by atoms with Crippen LogP contribution in [-0.2, 0) is 0 Å². The van der Waals surface area contributed by atoms with Crippen LogP contribution in [0.2, 0.25) is 0 Å². The quantitative estimate of drug-likeness (QED) is 0.735. The fraction of sp³-hybridized carbons (Fsp3) is 0.286. The minimum atomic E-state index is -0.302. The van der Waals surface area contributed by atoms with Crippen molar-refractivity contribution in [3.63, 3.8) is 0 Å². The van der Waals surface area contributed by atoms with Gasteiger partial charge in [0.05, 0.1) is 0 Å². The lowest BCUT2D eigenvalue weighted by molar-refractivity contribution is 0.491. The summed E-state index contributed by atoms with van der Waals surface area (Å²) in [5.74, 6) is 0. The van der Waals surface area contributed by atoms with Gasteiger partial charge in [0.25, 0.3) is 0 Å². The lowest BCUT2D eigenvalue weighted by Gasteiger charge is -2.16. The van der Waals surface area contributed by atoms with Crippen molar-refractivity contribution in [1.29, 1.82) is 0 Å². The molecule has 0 aliphatic carbocycles. The third-order valence-corrected chi connectivity index (χ3v) is 4.26. The maximum atomic E-state index is 12.2. The molecule has 0 atom stereocenters. The second-order valence-corrected chi connectivity index (χ2v) is 5.27. The van der Waals surface area contributed by atoms with Crippen LogP contribution in [0.5, 0.6) is 0 Å². The standard InChI is InChI=1S/C14H14N2O2S/c1-3-16(4-2)14-15-12-11(13(17)18-14)9-7-5-6-8-10(9)19-12/h5-8H,3-4H2,1-2H3. The molecule has 0 bridgehead atoms. The molecule has 4 nitrogen and oxygen atoms in total. The first-order chi connectivity index (χ1) is 9.24. The van der Waals surface area contributed by atoms with E-state index in [0.717, 1.165) is 28.0 Å². The van der Waals surface area contributed by atoms with Gasteiger partial charge in [0.2, 0.25) is 0 Å². The number of hydrogen-bond acceptors (Lipinski definition) is 5. The van der Waals surface area contributed by atoms with Gasteiger partial charge in [-0.15, -0.1) is 11.3 Å². The van der Waals surface area contributed by atoms with Crippen LogP contribution in [-0.4, -0.2) is 18.1 Å². The Kier molecular flexibility index (Phi) is 2.98. The third-order valence-electron chi connectivity index (χ3n) is 3.20. The molecule has 1 aromatic carbocycles. The molecule has 0 saturated carbocycles. The Balaban J connectivity index is 2.32. The number of fused-ring (bicyclic) bond motifs is 3. The van der Waals surface area contributed by atoms with E-state index in [1.165, 1.54) is 11.3 Å². The van der Waals surface area contributed by atoms with E-state index >= 15 is 0 Å². The van der Waals surface area contributed by atoms with Gasteiger partial charge in [-0.3, -0.25) is 0 Å². The van der Waals surface area contributed by atoms with Gasteiger partial charge in [-0.1, -0.05) is 18.2 Å². The number of thiophene rings is 1. The second kappa shape index (κ2) is 4.66. The van der Waals surface area contributed by atoms with Crippen molar-refractivity contribution >= 4 is 37.7 Å². The largest absolute Gasteiger partial charge is 0.388 e. The SMILES string of the molecule is CCN(CC)c1nc2sc3ccccc3c2c(=O)o1. The number of nitrogens with zero attached hydrogens (tertiary/aromatic N) is 2. The molecule has 0 radical (unpaired) electrons. The maximum absolute atomic E-state index is 12.2. The molecular formula is C14H14N2O2S. The predicted octanol–water partition coefficient (Wildman–Crippen LogP) is 3.25. The molecule has 0 N–H and O–H groups in total. The van der Waals surface area contributed by atoms with Crippen LogP contribution >= 0.6 is 11.3 Å². The minimum absolute atomic E-state index is 0.302. The zero-order valence-electron chi connectivity index (χ0n) is 10.8. The molecule has 3 rings (SSSR count). The molecule has 0 spiro atoms. The highest BCUT2D eigenvalue weighted by atomic mass is 32.1.